The van der Waals surface area contributed by atoms with Gasteiger partial charge in [0.05, 0.1) is 0 Å². The van der Waals surface area contributed by atoms with Crippen LogP contribution in [0, 0.1) is 6.92 Å². The van der Waals surface area contributed by atoms with Gasteiger partial charge in [0.15, 0.2) is 0 Å². The van der Waals surface area contributed by atoms with Gasteiger partial charge >= 0.3 is 0 Å². The van der Waals surface area contributed by atoms with E-state index in [0.717, 1.165) is 59.6 Å². The molecule has 0 aromatic carbocycles. The zero-order valence-corrected chi connectivity index (χ0v) is 17.8. The summed E-state index contributed by atoms with van der Waals surface area (Å²) >= 11 is 0. The van der Waals surface area contributed by atoms with Gasteiger partial charge in [-0.1, -0.05) is 6.92 Å². The van der Waals surface area contributed by atoms with Crippen LogP contribution in [0.15, 0.2) is 48.9 Å². The van der Waals surface area contributed by atoms with Crippen LogP contribution in [0.2, 0.25) is 0 Å². The number of aryl methyl sites for hydroxylation is 2. The van der Waals surface area contributed by atoms with Crippen molar-refractivity contribution >= 4 is 34.7 Å². The Kier molecular flexibility index (Phi) is 5.11. The molecule has 5 rings (SSSR count). The third kappa shape index (κ3) is 4.28. The quantitative estimate of drug-likeness (QED) is 0.481. The summed E-state index contributed by atoms with van der Waals surface area (Å²) in [5, 5.41) is 6.74. The molecule has 0 bridgehead atoms. The van der Waals surface area contributed by atoms with Crippen molar-refractivity contribution in [2.75, 3.05) is 28.6 Å². The van der Waals surface area contributed by atoms with E-state index < -0.39 is 0 Å². The fourth-order valence-corrected chi connectivity index (χ4v) is 3.90. The lowest BCUT2D eigenvalue weighted by atomic mass is 10.2. The van der Waals surface area contributed by atoms with E-state index in [0.29, 0.717) is 5.95 Å². The second-order valence-electron chi connectivity index (χ2n) is 7.86. The largest absolute Gasteiger partial charge is 0.356 e. The molecule has 8 nitrogen and oxygen atoms in total. The van der Waals surface area contributed by atoms with E-state index in [-0.39, 0.29) is 0 Å². The average Bonchev–Trinajstić information content (AvgIpc) is 3.45. The summed E-state index contributed by atoms with van der Waals surface area (Å²) in [6.45, 7) is 6.21. The first kappa shape index (κ1) is 19.3. The lowest BCUT2D eigenvalue weighted by Gasteiger charge is -2.19. The molecule has 1 saturated heterocycles. The number of fused-ring (bicyclic) bond motifs is 1. The molecule has 0 atom stereocenters. The molecular formula is C23H26N8. The Balaban J connectivity index is 1.48. The Morgan fingerprint density at radius 3 is 2.61 bits per heavy atom. The summed E-state index contributed by atoms with van der Waals surface area (Å²) in [7, 11) is 0. The summed E-state index contributed by atoms with van der Waals surface area (Å²) < 4.78 is 1.97. The standard InChI is InChI=1S/C23H26N8/c1-3-17-12-16(2)13-19(25-17)27-23-28-20(15-22(29-23)30-8-4-5-9-30)26-18-6-10-31-11-7-24-21(31)14-18/h6-7,10-15H,3-5,8-9H2,1-2H3,(H2,25,26,27,28,29). The molecule has 1 fully saturated rings. The predicted octanol–water partition coefficient (Wildman–Crippen LogP) is 4.48. The lowest BCUT2D eigenvalue weighted by molar-refractivity contribution is 0.929. The highest BCUT2D eigenvalue weighted by molar-refractivity contribution is 5.66. The third-order valence-corrected chi connectivity index (χ3v) is 5.44. The van der Waals surface area contributed by atoms with E-state index in [1.165, 1.54) is 12.8 Å². The van der Waals surface area contributed by atoms with Gasteiger partial charge in [-0.2, -0.15) is 9.97 Å². The summed E-state index contributed by atoms with van der Waals surface area (Å²) in [4.78, 5) is 20.9. The first-order chi connectivity index (χ1) is 15.2. The van der Waals surface area contributed by atoms with E-state index in [9.17, 15) is 0 Å². The Hall–Kier alpha value is -3.68. The number of pyridine rings is 2. The van der Waals surface area contributed by atoms with Crippen molar-refractivity contribution in [3.63, 3.8) is 0 Å². The maximum absolute atomic E-state index is 4.79. The average molecular weight is 415 g/mol. The minimum atomic E-state index is 0.536. The summed E-state index contributed by atoms with van der Waals surface area (Å²) in [6.07, 6.45) is 8.95. The summed E-state index contributed by atoms with van der Waals surface area (Å²) in [6, 6.07) is 10.1. The first-order valence-electron chi connectivity index (χ1n) is 10.7. The molecule has 0 radical (unpaired) electrons. The van der Waals surface area contributed by atoms with E-state index in [1.807, 2.05) is 41.1 Å². The van der Waals surface area contributed by atoms with Gasteiger partial charge in [0.2, 0.25) is 5.95 Å². The Morgan fingerprint density at radius 1 is 0.935 bits per heavy atom. The van der Waals surface area contributed by atoms with Gasteiger partial charge in [-0.15, -0.1) is 0 Å². The van der Waals surface area contributed by atoms with Gasteiger partial charge in [-0.3, -0.25) is 0 Å². The van der Waals surface area contributed by atoms with E-state index >= 15 is 0 Å². The highest BCUT2D eigenvalue weighted by atomic mass is 15.3. The van der Waals surface area contributed by atoms with Crippen molar-refractivity contribution in [2.24, 2.45) is 0 Å². The molecule has 31 heavy (non-hydrogen) atoms. The highest BCUT2D eigenvalue weighted by Gasteiger charge is 2.16. The fourth-order valence-electron chi connectivity index (χ4n) is 3.90. The van der Waals surface area contributed by atoms with Crippen molar-refractivity contribution in [2.45, 2.75) is 33.1 Å². The number of aromatic nitrogens is 5. The molecule has 0 saturated carbocycles. The van der Waals surface area contributed by atoms with Crippen molar-refractivity contribution in [1.82, 2.24) is 24.3 Å². The molecule has 2 N–H and O–H groups in total. The van der Waals surface area contributed by atoms with Gasteiger partial charge in [0, 0.05) is 55.2 Å². The number of nitrogens with zero attached hydrogens (tertiary/aromatic N) is 6. The van der Waals surface area contributed by atoms with E-state index in [1.54, 1.807) is 6.20 Å². The molecule has 5 heterocycles. The third-order valence-electron chi connectivity index (χ3n) is 5.44. The number of hydrogen-bond acceptors (Lipinski definition) is 7. The highest BCUT2D eigenvalue weighted by Crippen LogP contribution is 2.26. The zero-order chi connectivity index (χ0) is 21.2. The van der Waals surface area contributed by atoms with Gasteiger partial charge < -0.3 is 19.9 Å². The zero-order valence-electron chi connectivity index (χ0n) is 17.8. The molecular weight excluding hydrogens is 388 g/mol. The molecule has 4 aromatic rings. The van der Waals surface area contributed by atoms with Crippen LogP contribution in [-0.2, 0) is 6.42 Å². The van der Waals surface area contributed by atoms with Gasteiger partial charge in [0.25, 0.3) is 0 Å². The summed E-state index contributed by atoms with van der Waals surface area (Å²) in [5.74, 6) is 2.95. The van der Waals surface area contributed by atoms with E-state index in [4.69, 9.17) is 9.97 Å². The van der Waals surface area contributed by atoms with Crippen LogP contribution in [0.1, 0.15) is 31.0 Å². The SMILES string of the molecule is CCc1cc(C)cc(Nc2nc(Nc3ccn4ccnc4c3)cc(N3CCCC3)n2)n1. The molecule has 1 aliphatic heterocycles. The minimum Gasteiger partial charge on any atom is -0.356 e. The minimum absolute atomic E-state index is 0.536. The van der Waals surface area contributed by atoms with Crippen LogP contribution >= 0.6 is 0 Å². The number of nitrogens with one attached hydrogen (secondary N) is 2. The van der Waals surface area contributed by atoms with Crippen LogP contribution < -0.4 is 15.5 Å². The molecule has 8 heteroatoms. The Bertz CT molecular complexity index is 1210. The monoisotopic (exact) mass is 414 g/mol. The first-order valence-corrected chi connectivity index (χ1v) is 10.7. The molecule has 158 valence electrons. The smallest absolute Gasteiger partial charge is 0.232 e. The topological polar surface area (TPSA) is 83.3 Å². The van der Waals surface area contributed by atoms with Crippen molar-refractivity contribution in [1.29, 1.82) is 0 Å². The van der Waals surface area contributed by atoms with Crippen LogP contribution in [-0.4, -0.2) is 37.4 Å². The number of hydrogen-bond donors (Lipinski definition) is 2. The maximum atomic E-state index is 4.79. The second-order valence-corrected chi connectivity index (χ2v) is 7.86. The predicted molar refractivity (Wildman–Crippen MR) is 124 cm³/mol. The van der Waals surface area contributed by atoms with Gasteiger partial charge in [0.1, 0.15) is 23.1 Å². The molecule has 0 amide bonds. The normalized spacial score (nSPS) is 13.7. The lowest BCUT2D eigenvalue weighted by Crippen LogP contribution is -2.20. The van der Waals surface area contributed by atoms with Crippen molar-refractivity contribution in [3.05, 3.63) is 60.2 Å². The van der Waals surface area contributed by atoms with Crippen LogP contribution in [0.5, 0.6) is 0 Å². The Labute approximate surface area is 181 Å². The number of imidazole rings is 1. The van der Waals surface area contributed by atoms with Crippen molar-refractivity contribution < 1.29 is 0 Å². The molecule has 0 aliphatic carbocycles. The molecule has 4 aromatic heterocycles. The van der Waals surface area contributed by atoms with Gasteiger partial charge in [-0.25, -0.2) is 9.97 Å². The fraction of sp³-hybridized carbons (Fsp3) is 0.304. The van der Waals surface area contributed by atoms with Crippen LogP contribution in [0.25, 0.3) is 5.65 Å². The van der Waals surface area contributed by atoms with Crippen LogP contribution in [0.3, 0.4) is 0 Å². The molecule has 0 spiro atoms. The van der Waals surface area contributed by atoms with Crippen molar-refractivity contribution in [3.8, 4) is 0 Å². The second kappa shape index (κ2) is 8.22. The van der Waals surface area contributed by atoms with Crippen LogP contribution in [0.4, 0.5) is 29.1 Å². The Morgan fingerprint density at radius 2 is 1.77 bits per heavy atom. The number of rotatable bonds is 6. The van der Waals surface area contributed by atoms with Gasteiger partial charge in [-0.05, 0) is 49.9 Å². The molecule has 1 aliphatic rings. The molecule has 0 unspecified atom stereocenters. The maximum Gasteiger partial charge on any atom is 0.232 e. The van der Waals surface area contributed by atoms with E-state index in [2.05, 4.69) is 45.4 Å². The summed E-state index contributed by atoms with van der Waals surface area (Å²) in [5.41, 5.74) is 4.02. The number of anilines is 5.